The van der Waals surface area contributed by atoms with Crippen molar-refractivity contribution < 1.29 is 0 Å². The summed E-state index contributed by atoms with van der Waals surface area (Å²) in [5.74, 6) is 1.29. The highest BCUT2D eigenvalue weighted by molar-refractivity contribution is 9.10. The lowest BCUT2D eigenvalue weighted by Crippen LogP contribution is -2.04. The Labute approximate surface area is 227 Å². The predicted molar refractivity (Wildman–Crippen MR) is 158 cm³/mol. The standard InChI is InChI=1S/C32H24Br2N2/c1-20(2)32-35-29(21-10-4-3-5-11-21)31-27-17-7-6-16-26(27)28(22-12-8-14-24(33)18-22)30(36(31)32)23-13-9-15-25(34)19-23/h3-20H,1-2H3. The van der Waals surface area contributed by atoms with Crippen LogP contribution in [0.2, 0.25) is 0 Å². The molecule has 4 heteroatoms. The summed E-state index contributed by atoms with van der Waals surface area (Å²) < 4.78 is 4.52. The Hall–Kier alpha value is -3.21. The maximum atomic E-state index is 5.31. The first-order valence-electron chi connectivity index (χ1n) is 12.1. The molecule has 0 bridgehead atoms. The van der Waals surface area contributed by atoms with Crippen molar-refractivity contribution in [2.45, 2.75) is 19.8 Å². The van der Waals surface area contributed by atoms with Crippen LogP contribution in [0.4, 0.5) is 0 Å². The highest BCUT2D eigenvalue weighted by Crippen LogP contribution is 2.45. The first kappa shape index (κ1) is 23.2. The van der Waals surface area contributed by atoms with Crippen LogP contribution in [0.15, 0.2) is 112 Å². The average Bonchev–Trinajstić information content (AvgIpc) is 3.29. The van der Waals surface area contributed by atoms with Crippen molar-refractivity contribution >= 4 is 48.1 Å². The van der Waals surface area contributed by atoms with E-state index in [-0.39, 0.29) is 5.92 Å². The zero-order chi connectivity index (χ0) is 24.8. The Morgan fingerprint density at radius 1 is 0.639 bits per heavy atom. The van der Waals surface area contributed by atoms with Gasteiger partial charge in [0.25, 0.3) is 0 Å². The topological polar surface area (TPSA) is 17.3 Å². The van der Waals surface area contributed by atoms with Gasteiger partial charge in [-0.3, -0.25) is 4.40 Å². The molecule has 0 aliphatic heterocycles. The molecule has 0 aliphatic carbocycles. The van der Waals surface area contributed by atoms with Crippen LogP contribution < -0.4 is 0 Å². The largest absolute Gasteiger partial charge is 0.294 e. The molecule has 0 atom stereocenters. The smallest absolute Gasteiger partial charge is 0.117 e. The zero-order valence-electron chi connectivity index (χ0n) is 20.0. The molecular formula is C32H24Br2N2. The fourth-order valence-electron chi connectivity index (χ4n) is 5.09. The van der Waals surface area contributed by atoms with Crippen molar-refractivity contribution in [3.63, 3.8) is 0 Å². The van der Waals surface area contributed by atoms with Gasteiger partial charge in [0, 0.05) is 36.9 Å². The average molecular weight is 596 g/mol. The summed E-state index contributed by atoms with van der Waals surface area (Å²) in [7, 11) is 0. The molecule has 2 aromatic heterocycles. The van der Waals surface area contributed by atoms with Crippen LogP contribution >= 0.6 is 31.9 Å². The molecule has 36 heavy (non-hydrogen) atoms. The van der Waals surface area contributed by atoms with Crippen molar-refractivity contribution in [1.82, 2.24) is 9.38 Å². The second kappa shape index (κ2) is 9.34. The summed E-state index contributed by atoms with van der Waals surface area (Å²) in [5, 5.41) is 2.41. The maximum Gasteiger partial charge on any atom is 0.117 e. The van der Waals surface area contributed by atoms with Gasteiger partial charge in [-0.25, -0.2) is 4.98 Å². The number of hydrogen-bond donors (Lipinski definition) is 0. The monoisotopic (exact) mass is 594 g/mol. The van der Waals surface area contributed by atoms with E-state index in [2.05, 4.69) is 153 Å². The molecule has 0 spiro atoms. The van der Waals surface area contributed by atoms with Gasteiger partial charge in [-0.1, -0.05) is 125 Å². The first-order chi connectivity index (χ1) is 17.5. The summed E-state index contributed by atoms with van der Waals surface area (Å²) in [4.78, 5) is 5.31. The Morgan fingerprint density at radius 2 is 1.22 bits per heavy atom. The van der Waals surface area contributed by atoms with Crippen LogP contribution in [0.25, 0.3) is 49.9 Å². The van der Waals surface area contributed by atoms with Crippen molar-refractivity contribution in [3.05, 3.63) is 118 Å². The molecule has 0 N–H and O–H groups in total. The van der Waals surface area contributed by atoms with E-state index in [4.69, 9.17) is 4.98 Å². The lowest BCUT2D eigenvalue weighted by molar-refractivity contribution is 0.774. The normalized spacial score (nSPS) is 11.6. The molecule has 176 valence electrons. The zero-order valence-corrected chi connectivity index (χ0v) is 23.2. The Kier molecular flexibility index (Phi) is 6.02. The molecule has 0 fully saturated rings. The molecule has 2 heterocycles. The predicted octanol–water partition coefficient (Wildman–Crippen LogP) is 10.1. The second-order valence-electron chi connectivity index (χ2n) is 9.31. The Bertz CT molecular complexity index is 1730. The highest BCUT2D eigenvalue weighted by Gasteiger charge is 2.25. The number of benzene rings is 4. The van der Waals surface area contributed by atoms with Crippen LogP contribution in [-0.4, -0.2) is 9.38 Å². The van der Waals surface area contributed by atoms with Gasteiger partial charge in [-0.2, -0.15) is 0 Å². The Morgan fingerprint density at radius 3 is 1.89 bits per heavy atom. The number of nitrogens with zero attached hydrogens (tertiary/aromatic N) is 2. The van der Waals surface area contributed by atoms with E-state index >= 15 is 0 Å². The van der Waals surface area contributed by atoms with Crippen LogP contribution in [0.1, 0.15) is 25.6 Å². The number of rotatable bonds is 4. The van der Waals surface area contributed by atoms with Gasteiger partial charge in [-0.05, 0) is 35.2 Å². The summed E-state index contributed by atoms with van der Waals surface area (Å²) in [6.07, 6.45) is 0. The van der Waals surface area contributed by atoms with Gasteiger partial charge in [0.1, 0.15) is 5.82 Å². The number of hydrogen-bond acceptors (Lipinski definition) is 1. The quantitative estimate of drug-likeness (QED) is 0.198. The van der Waals surface area contributed by atoms with E-state index in [0.29, 0.717) is 0 Å². The minimum atomic E-state index is 0.234. The molecule has 6 rings (SSSR count). The lowest BCUT2D eigenvalue weighted by Gasteiger charge is -2.20. The van der Waals surface area contributed by atoms with Crippen LogP contribution in [0.5, 0.6) is 0 Å². The highest BCUT2D eigenvalue weighted by atomic mass is 79.9. The summed E-state index contributed by atoms with van der Waals surface area (Å²) in [6, 6.07) is 36.4. The van der Waals surface area contributed by atoms with E-state index in [1.165, 1.54) is 21.9 Å². The molecule has 0 amide bonds. The SMILES string of the molecule is CC(C)c1nc(-c2ccccc2)c2c3ccccc3c(-c3cccc(Br)c3)c(-c3cccc(Br)c3)n12. The molecule has 0 saturated heterocycles. The molecule has 4 aromatic carbocycles. The number of imidazole rings is 1. The van der Waals surface area contributed by atoms with E-state index in [1.807, 2.05) is 0 Å². The molecule has 0 saturated carbocycles. The van der Waals surface area contributed by atoms with E-state index < -0.39 is 0 Å². The molecular weight excluding hydrogens is 572 g/mol. The van der Waals surface area contributed by atoms with Crippen LogP contribution in [-0.2, 0) is 0 Å². The third-order valence-corrected chi connectivity index (χ3v) is 7.58. The summed E-state index contributed by atoms with van der Waals surface area (Å²) in [5.41, 5.74) is 7.97. The van der Waals surface area contributed by atoms with Gasteiger partial charge in [0.05, 0.1) is 16.9 Å². The third kappa shape index (κ3) is 3.89. The maximum absolute atomic E-state index is 5.31. The summed E-state index contributed by atoms with van der Waals surface area (Å²) >= 11 is 7.43. The van der Waals surface area contributed by atoms with Crippen LogP contribution in [0, 0.1) is 0 Å². The lowest BCUT2D eigenvalue weighted by atomic mass is 9.92. The first-order valence-corrected chi connectivity index (χ1v) is 13.7. The van der Waals surface area contributed by atoms with E-state index in [9.17, 15) is 0 Å². The van der Waals surface area contributed by atoms with Gasteiger partial charge in [0.2, 0.25) is 0 Å². The fraction of sp³-hybridized carbons (Fsp3) is 0.0938. The van der Waals surface area contributed by atoms with Gasteiger partial charge in [-0.15, -0.1) is 0 Å². The number of pyridine rings is 1. The third-order valence-electron chi connectivity index (χ3n) is 6.59. The summed E-state index contributed by atoms with van der Waals surface area (Å²) in [6.45, 7) is 4.45. The molecule has 0 aliphatic rings. The second-order valence-corrected chi connectivity index (χ2v) is 11.1. The number of halogens is 2. The van der Waals surface area contributed by atoms with Gasteiger partial charge in [0.15, 0.2) is 0 Å². The minimum absolute atomic E-state index is 0.234. The van der Waals surface area contributed by atoms with E-state index in [0.717, 1.165) is 42.8 Å². The Balaban J connectivity index is 1.91. The van der Waals surface area contributed by atoms with Gasteiger partial charge >= 0.3 is 0 Å². The van der Waals surface area contributed by atoms with Crippen molar-refractivity contribution in [3.8, 4) is 33.6 Å². The number of aromatic nitrogens is 2. The van der Waals surface area contributed by atoms with E-state index in [1.54, 1.807) is 0 Å². The number of fused-ring (bicyclic) bond motifs is 3. The molecule has 0 radical (unpaired) electrons. The van der Waals surface area contributed by atoms with Gasteiger partial charge < -0.3 is 0 Å². The molecule has 2 nitrogen and oxygen atoms in total. The van der Waals surface area contributed by atoms with Crippen molar-refractivity contribution in [2.75, 3.05) is 0 Å². The molecule has 0 unspecified atom stereocenters. The van der Waals surface area contributed by atoms with Crippen molar-refractivity contribution in [2.24, 2.45) is 0 Å². The minimum Gasteiger partial charge on any atom is -0.294 e. The molecule has 6 aromatic rings. The fourth-order valence-corrected chi connectivity index (χ4v) is 5.89. The van der Waals surface area contributed by atoms with Crippen LogP contribution in [0.3, 0.4) is 0 Å². The van der Waals surface area contributed by atoms with Crippen molar-refractivity contribution in [1.29, 1.82) is 0 Å².